The molecule has 1 aliphatic heterocycles. The summed E-state index contributed by atoms with van der Waals surface area (Å²) in [6.07, 6.45) is 0.817. The molecule has 1 aliphatic rings. The second-order valence-electron chi connectivity index (χ2n) is 4.72. The highest BCUT2D eigenvalue weighted by molar-refractivity contribution is 5.50. The SMILES string of the molecule is COc1ccc(N2CCN(CCCO)CC2)cc1F. The molecule has 0 unspecified atom stereocenters. The molecule has 1 fully saturated rings. The molecule has 1 saturated heterocycles. The predicted octanol–water partition coefficient (Wildman–Crippen LogP) is 1.34. The highest BCUT2D eigenvalue weighted by Crippen LogP contribution is 2.24. The zero-order chi connectivity index (χ0) is 13.7. The fourth-order valence-corrected chi connectivity index (χ4v) is 2.38. The number of benzene rings is 1. The molecule has 4 nitrogen and oxygen atoms in total. The molecule has 0 aliphatic carbocycles. The van der Waals surface area contributed by atoms with Crippen molar-refractivity contribution in [3.8, 4) is 5.75 Å². The largest absolute Gasteiger partial charge is 0.494 e. The second-order valence-corrected chi connectivity index (χ2v) is 4.72. The standard InChI is InChI=1S/C14H21FN2O2/c1-19-14-4-3-12(11-13(14)15)17-8-6-16(7-9-17)5-2-10-18/h3-4,11,18H,2,5-10H2,1H3. The van der Waals surface area contributed by atoms with E-state index >= 15 is 0 Å². The van der Waals surface area contributed by atoms with Crippen LogP contribution in [0.15, 0.2) is 18.2 Å². The van der Waals surface area contributed by atoms with Crippen LogP contribution in [-0.2, 0) is 0 Å². The smallest absolute Gasteiger partial charge is 0.167 e. The fourth-order valence-electron chi connectivity index (χ4n) is 2.38. The van der Waals surface area contributed by atoms with Gasteiger partial charge in [-0.25, -0.2) is 4.39 Å². The van der Waals surface area contributed by atoms with E-state index in [1.165, 1.54) is 13.2 Å². The van der Waals surface area contributed by atoms with Gasteiger partial charge < -0.3 is 14.7 Å². The van der Waals surface area contributed by atoms with E-state index in [1.807, 2.05) is 6.07 Å². The first-order valence-corrected chi connectivity index (χ1v) is 6.66. The molecule has 1 N–H and O–H groups in total. The maximum atomic E-state index is 13.7. The molecule has 0 atom stereocenters. The van der Waals surface area contributed by atoms with E-state index < -0.39 is 0 Å². The van der Waals surface area contributed by atoms with Crippen molar-refractivity contribution in [2.75, 3.05) is 51.3 Å². The Hall–Kier alpha value is -1.33. The van der Waals surface area contributed by atoms with Crippen LogP contribution in [0, 0.1) is 5.82 Å². The number of methoxy groups -OCH3 is 1. The monoisotopic (exact) mass is 268 g/mol. The van der Waals surface area contributed by atoms with Crippen molar-refractivity contribution < 1.29 is 14.2 Å². The molecule has 2 rings (SSSR count). The predicted molar refractivity (Wildman–Crippen MR) is 73.3 cm³/mol. The molecule has 0 saturated carbocycles. The number of ether oxygens (including phenoxy) is 1. The van der Waals surface area contributed by atoms with Crippen LogP contribution in [0.2, 0.25) is 0 Å². The summed E-state index contributed by atoms with van der Waals surface area (Å²) in [5.41, 5.74) is 0.903. The van der Waals surface area contributed by atoms with E-state index in [-0.39, 0.29) is 18.2 Å². The lowest BCUT2D eigenvalue weighted by Crippen LogP contribution is -2.46. The normalized spacial score (nSPS) is 16.7. The van der Waals surface area contributed by atoms with Crippen LogP contribution < -0.4 is 9.64 Å². The molecular formula is C14H21FN2O2. The summed E-state index contributed by atoms with van der Waals surface area (Å²) < 4.78 is 18.6. The molecule has 19 heavy (non-hydrogen) atoms. The Bertz CT molecular complexity index is 406. The molecule has 1 heterocycles. The Kier molecular flexibility index (Phi) is 4.99. The van der Waals surface area contributed by atoms with Crippen LogP contribution >= 0.6 is 0 Å². The highest BCUT2D eigenvalue weighted by Gasteiger charge is 2.17. The summed E-state index contributed by atoms with van der Waals surface area (Å²) in [5.74, 6) is -0.0342. The van der Waals surface area contributed by atoms with Crippen molar-refractivity contribution in [3.05, 3.63) is 24.0 Å². The van der Waals surface area contributed by atoms with Gasteiger partial charge in [0.15, 0.2) is 11.6 Å². The van der Waals surface area contributed by atoms with Crippen LogP contribution in [0.25, 0.3) is 0 Å². The summed E-state index contributed by atoms with van der Waals surface area (Å²) in [7, 11) is 1.47. The summed E-state index contributed by atoms with van der Waals surface area (Å²) in [6.45, 7) is 4.85. The summed E-state index contributed by atoms with van der Waals surface area (Å²) in [4.78, 5) is 4.50. The number of piperazine rings is 1. The van der Waals surface area contributed by atoms with Gasteiger partial charge in [0.05, 0.1) is 7.11 Å². The van der Waals surface area contributed by atoms with Crippen molar-refractivity contribution in [3.63, 3.8) is 0 Å². The summed E-state index contributed by atoms with van der Waals surface area (Å²) >= 11 is 0. The molecule has 0 radical (unpaired) electrons. The lowest BCUT2D eigenvalue weighted by Gasteiger charge is -2.36. The van der Waals surface area contributed by atoms with Crippen LogP contribution in [0.4, 0.5) is 10.1 Å². The first kappa shape index (κ1) is 14.1. The number of aliphatic hydroxyl groups excluding tert-OH is 1. The van der Waals surface area contributed by atoms with E-state index in [4.69, 9.17) is 9.84 Å². The molecule has 0 spiro atoms. The second kappa shape index (κ2) is 6.73. The Balaban J connectivity index is 1.92. The highest BCUT2D eigenvalue weighted by atomic mass is 19.1. The first-order chi connectivity index (χ1) is 9.24. The number of hydrogen-bond donors (Lipinski definition) is 1. The van der Waals surface area contributed by atoms with Gasteiger partial charge in [-0.15, -0.1) is 0 Å². The third kappa shape index (κ3) is 3.58. The third-order valence-corrected chi connectivity index (χ3v) is 3.51. The topological polar surface area (TPSA) is 35.9 Å². The van der Waals surface area contributed by atoms with Crippen molar-refractivity contribution in [2.45, 2.75) is 6.42 Å². The van der Waals surface area contributed by atoms with Crippen molar-refractivity contribution in [1.82, 2.24) is 4.90 Å². The zero-order valence-corrected chi connectivity index (χ0v) is 11.3. The van der Waals surface area contributed by atoms with Crippen LogP contribution in [0.1, 0.15) is 6.42 Å². The quantitative estimate of drug-likeness (QED) is 0.874. The third-order valence-electron chi connectivity index (χ3n) is 3.51. The van der Waals surface area contributed by atoms with E-state index in [2.05, 4.69) is 9.80 Å². The van der Waals surface area contributed by atoms with Gasteiger partial charge >= 0.3 is 0 Å². The molecule has 5 heteroatoms. The molecule has 1 aromatic carbocycles. The first-order valence-electron chi connectivity index (χ1n) is 6.66. The Labute approximate surface area is 113 Å². The Morgan fingerprint density at radius 1 is 1.26 bits per heavy atom. The minimum atomic E-state index is -0.317. The average molecular weight is 268 g/mol. The number of rotatable bonds is 5. The molecule has 0 amide bonds. The molecule has 0 bridgehead atoms. The minimum absolute atomic E-state index is 0.240. The van der Waals surface area contributed by atoms with Gasteiger partial charge in [0.1, 0.15) is 0 Å². The number of nitrogens with zero attached hydrogens (tertiary/aromatic N) is 2. The minimum Gasteiger partial charge on any atom is -0.494 e. The molecule has 1 aromatic rings. The van der Waals surface area contributed by atoms with Crippen molar-refractivity contribution in [2.24, 2.45) is 0 Å². The van der Waals surface area contributed by atoms with Gasteiger partial charge in [0.25, 0.3) is 0 Å². The zero-order valence-electron chi connectivity index (χ0n) is 11.3. The molecule has 106 valence electrons. The molecular weight excluding hydrogens is 247 g/mol. The lowest BCUT2D eigenvalue weighted by atomic mass is 10.2. The van der Waals surface area contributed by atoms with E-state index in [1.54, 1.807) is 6.07 Å². The van der Waals surface area contributed by atoms with Gasteiger partial charge in [-0.2, -0.15) is 0 Å². The van der Waals surface area contributed by atoms with Crippen LogP contribution in [-0.4, -0.2) is 56.4 Å². The maximum Gasteiger partial charge on any atom is 0.167 e. The van der Waals surface area contributed by atoms with Gasteiger partial charge in [0.2, 0.25) is 0 Å². The maximum absolute atomic E-state index is 13.7. The number of aliphatic hydroxyl groups is 1. The van der Waals surface area contributed by atoms with Crippen molar-refractivity contribution >= 4 is 5.69 Å². The van der Waals surface area contributed by atoms with E-state index in [9.17, 15) is 4.39 Å². The summed E-state index contributed by atoms with van der Waals surface area (Å²) in [5, 5.41) is 8.82. The fraction of sp³-hybridized carbons (Fsp3) is 0.571. The number of halogens is 1. The average Bonchev–Trinajstić information content (AvgIpc) is 2.45. The van der Waals surface area contributed by atoms with Crippen LogP contribution in [0.3, 0.4) is 0 Å². The lowest BCUT2D eigenvalue weighted by molar-refractivity contribution is 0.216. The number of anilines is 1. The van der Waals surface area contributed by atoms with Crippen molar-refractivity contribution in [1.29, 1.82) is 0 Å². The van der Waals surface area contributed by atoms with Gasteiger partial charge in [-0.3, -0.25) is 4.90 Å². The van der Waals surface area contributed by atoms with Gasteiger partial charge in [0, 0.05) is 51.1 Å². The Morgan fingerprint density at radius 3 is 2.58 bits per heavy atom. The van der Waals surface area contributed by atoms with Gasteiger partial charge in [-0.1, -0.05) is 0 Å². The van der Waals surface area contributed by atoms with Gasteiger partial charge in [-0.05, 0) is 18.6 Å². The van der Waals surface area contributed by atoms with Crippen LogP contribution in [0.5, 0.6) is 5.75 Å². The van der Waals surface area contributed by atoms with E-state index in [0.717, 1.165) is 44.8 Å². The van der Waals surface area contributed by atoms with E-state index in [0.29, 0.717) is 0 Å². The summed E-state index contributed by atoms with van der Waals surface area (Å²) in [6, 6.07) is 5.09. The number of hydrogen-bond acceptors (Lipinski definition) is 4. The molecule has 0 aromatic heterocycles. The Morgan fingerprint density at radius 2 is 2.00 bits per heavy atom.